The summed E-state index contributed by atoms with van der Waals surface area (Å²) in [6, 6.07) is -1.76. The molecule has 1 heterocycles. The largest absolute Gasteiger partial charge is 0.351 e. The van der Waals surface area contributed by atoms with Gasteiger partial charge in [0.25, 0.3) is 0 Å². The van der Waals surface area contributed by atoms with Gasteiger partial charge in [-0.25, -0.2) is 14.4 Å². The van der Waals surface area contributed by atoms with Crippen molar-refractivity contribution in [2.24, 2.45) is 11.5 Å². The number of hydrogen-bond donors (Lipinski definition) is 5. The quantitative estimate of drug-likeness (QED) is 0.415. The van der Waals surface area contributed by atoms with Gasteiger partial charge in [-0.15, -0.1) is 0 Å². The average Bonchev–Trinajstić information content (AvgIpc) is 2.08. The highest BCUT2D eigenvalue weighted by Gasteiger charge is 2.07. The van der Waals surface area contributed by atoms with Crippen molar-refractivity contribution in [3.8, 4) is 0 Å². The van der Waals surface area contributed by atoms with Crippen LogP contribution in [0.2, 0.25) is 0 Å². The molecule has 0 aliphatic rings. The molecule has 1 aromatic heterocycles. The van der Waals surface area contributed by atoms with E-state index in [9.17, 15) is 14.4 Å². The SMILES string of the molecule is NC(=O)Nc1cnc(=O)[nH]c1NC(N)=O. The van der Waals surface area contributed by atoms with E-state index in [0.717, 1.165) is 6.20 Å². The third-order valence-electron chi connectivity index (χ3n) is 1.32. The third kappa shape index (κ3) is 2.99. The summed E-state index contributed by atoms with van der Waals surface area (Å²) in [7, 11) is 0. The van der Waals surface area contributed by atoms with Crippen LogP contribution in [0.4, 0.5) is 21.1 Å². The lowest BCUT2D eigenvalue weighted by atomic mass is 10.4. The molecular formula is C6H8N6O3. The first-order valence-electron chi connectivity index (χ1n) is 3.71. The number of aromatic nitrogens is 2. The van der Waals surface area contributed by atoms with Crippen LogP contribution in [0.5, 0.6) is 0 Å². The Hall–Kier alpha value is -2.58. The maximum atomic E-state index is 10.8. The molecule has 0 saturated carbocycles. The molecule has 0 aliphatic heterocycles. The Morgan fingerprint density at radius 1 is 1.27 bits per heavy atom. The second-order valence-electron chi connectivity index (χ2n) is 2.46. The van der Waals surface area contributed by atoms with E-state index in [4.69, 9.17) is 11.5 Å². The molecule has 80 valence electrons. The summed E-state index contributed by atoms with van der Waals surface area (Å²) in [5.41, 5.74) is 9.03. The summed E-state index contributed by atoms with van der Waals surface area (Å²) in [6.45, 7) is 0. The van der Waals surface area contributed by atoms with Crippen LogP contribution < -0.4 is 27.8 Å². The number of anilines is 2. The summed E-state index contributed by atoms with van der Waals surface area (Å²) in [5.74, 6) is -0.0821. The van der Waals surface area contributed by atoms with Gasteiger partial charge in [0.15, 0.2) is 0 Å². The number of nitrogens with zero attached hydrogens (tertiary/aromatic N) is 1. The highest BCUT2D eigenvalue weighted by Crippen LogP contribution is 2.13. The van der Waals surface area contributed by atoms with Crippen molar-refractivity contribution in [1.82, 2.24) is 9.97 Å². The maximum absolute atomic E-state index is 10.8. The van der Waals surface area contributed by atoms with Gasteiger partial charge >= 0.3 is 17.8 Å². The van der Waals surface area contributed by atoms with E-state index in [-0.39, 0.29) is 11.5 Å². The molecule has 0 aromatic carbocycles. The van der Waals surface area contributed by atoms with Gasteiger partial charge in [-0.2, -0.15) is 4.98 Å². The number of nitrogens with two attached hydrogens (primary N) is 2. The predicted molar refractivity (Wildman–Crippen MR) is 51.3 cm³/mol. The molecule has 7 N–H and O–H groups in total. The smallest absolute Gasteiger partial charge is 0.346 e. The van der Waals surface area contributed by atoms with E-state index >= 15 is 0 Å². The summed E-state index contributed by atoms with van der Waals surface area (Å²) < 4.78 is 0. The van der Waals surface area contributed by atoms with Crippen molar-refractivity contribution >= 4 is 23.6 Å². The lowest BCUT2D eigenvalue weighted by Crippen LogP contribution is -2.26. The third-order valence-corrected chi connectivity index (χ3v) is 1.32. The number of nitrogens with one attached hydrogen (secondary N) is 3. The minimum Gasteiger partial charge on any atom is -0.351 e. The van der Waals surface area contributed by atoms with E-state index in [1.165, 1.54) is 0 Å². The van der Waals surface area contributed by atoms with E-state index in [2.05, 4.69) is 20.6 Å². The number of amides is 4. The summed E-state index contributed by atoms with van der Waals surface area (Å²) in [4.78, 5) is 37.4. The molecule has 1 aromatic rings. The van der Waals surface area contributed by atoms with Crippen LogP contribution in [0, 0.1) is 0 Å². The number of H-pyrrole nitrogens is 1. The number of urea groups is 2. The van der Waals surface area contributed by atoms with Gasteiger partial charge in [0.1, 0.15) is 11.5 Å². The number of aromatic amines is 1. The molecule has 0 fully saturated rings. The number of hydrogen-bond acceptors (Lipinski definition) is 4. The lowest BCUT2D eigenvalue weighted by molar-refractivity contribution is 0.258. The predicted octanol–water partition coefficient (Wildman–Crippen LogP) is -1.25. The van der Waals surface area contributed by atoms with Crippen LogP contribution in [0.25, 0.3) is 0 Å². The van der Waals surface area contributed by atoms with Gasteiger partial charge in [-0.1, -0.05) is 0 Å². The van der Waals surface area contributed by atoms with Gasteiger partial charge < -0.3 is 16.8 Å². The van der Waals surface area contributed by atoms with E-state index in [1.54, 1.807) is 0 Å². The first kappa shape index (κ1) is 10.5. The molecule has 4 amide bonds. The Morgan fingerprint density at radius 2 is 1.87 bits per heavy atom. The molecule has 15 heavy (non-hydrogen) atoms. The summed E-state index contributed by atoms with van der Waals surface area (Å²) in [6.07, 6.45) is 1.04. The van der Waals surface area contributed by atoms with Crippen molar-refractivity contribution in [2.75, 3.05) is 10.6 Å². The van der Waals surface area contributed by atoms with Crippen LogP contribution in [0.15, 0.2) is 11.0 Å². The average molecular weight is 212 g/mol. The highest BCUT2D eigenvalue weighted by molar-refractivity contribution is 5.95. The van der Waals surface area contributed by atoms with Crippen molar-refractivity contribution in [1.29, 1.82) is 0 Å². The van der Waals surface area contributed by atoms with E-state index < -0.39 is 17.8 Å². The van der Waals surface area contributed by atoms with Crippen molar-refractivity contribution in [2.45, 2.75) is 0 Å². The van der Waals surface area contributed by atoms with Crippen LogP contribution in [0.1, 0.15) is 0 Å². The zero-order valence-corrected chi connectivity index (χ0v) is 7.40. The van der Waals surface area contributed by atoms with Crippen LogP contribution in [0.3, 0.4) is 0 Å². The Kier molecular flexibility index (Phi) is 2.86. The number of carbonyl (C=O) groups is 2. The van der Waals surface area contributed by atoms with Gasteiger partial charge in [0.2, 0.25) is 0 Å². The fraction of sp³-hybridized carbons (Fsp3) is 0. The van der Waals surface area contributed by atoms with Gasteiger partial charge in [0, 0.05) is 0 Å². The molecule has 0 radical (unpaired) electrons. The van der Waals surface area contributed by atoms with E-state index in [1.807, 2.05) is 0 Å². The lowest BCUT2D eigenvalue weighted by Gasteiger charge is -2.07. The van der Waals surface area contributed by atoms with Gasteiger partial charge in [0.05, 0.1) is 6.20 Å². The number of primary amides is 2. The monoisotopic (exact) mass is 212 g/mol. The topological polar surface area (TPSA) is 156 Å². The van der Waals surface area contributed by atoms with Crippen LogP contribution in [-0.2, 0) is 0 Å². The molecular weight excluding hydrogens is 204 g/mol. The van der Waals surface area contributed by atoms with Gasteiger partial charge in [-0.05, 0) is 0 Å². The zero-order chi connectivity index (χ0) is 11.4. The summed E-state index contributed by atoms with van der Waals surface area (Å²) >= 11 is 0. The molecule has 9 nitrogen and oxygen atoms in total. The normalized spacial score (nSPS) is 9.33. The molecule has 1 rings (SSSR count). The van der Waals surface area contributed by atoms with Crippen molar-refractivity contribution in [3.63, 3.8) is 0 Å². The fourth-order valence-corrected chi connectivity index (χ4v) is 0.844. The molecule has 0 atom stereocenters. The zero-order valence-electron chi connectivity index (χ0n) is 7.40. The number of carbonyl (C=O) groups excluding carboxylic acids is 2. The molecule has 9 heteroatoms. The van der Waals surface area contributed by atoms with Crippen molar-refractivity contribution in [3.05, 3.63) is 16.7 Å². The van der Waals surface area contributed by atoms with Crippen LogP contribution >= 0.6 is 0 Å². The van der Waals surface area contributed by atoms with Gasteiger partial charge in [-0.3, -0.25) is 10.3 Å². The fourth-order valence-electron chi connectivity index (χ4n) is 0.844. The maximum Gasteiger partial charge on any atom is 0.346 e. The minimum atomic E-state index is -0.899. The molecule has 0 bridgehead atoms. The minimum absolute atomic E-state index is 0.0425. The summed E-state index contributed by atoms with van der Waals surface area (Å²) in [5, 5.41) is 4.23. The Morgan fingerprint density at radius 3 is 2.40 bits per heavy atom. The highest BCUT2D eigenvalue weighted by atomic mass is 16.2. The Bertz CT molecular complexity index is 452. The molecule has 0 unspecified atom stereocenters. The molecule has 0 aliphatic carbocycles. The van der Waals surface area contributed by atoms with Crippen LogP contribution in [-0.4, -0.2) is 22.0 Å². The number of rotatable bonds is 2. The first-order valence-corrected chi connectivity index (χ1v) is 3.71. The second kappa shape index (κ2) is 4.09. The Balaban J connectivity index is 3.08. The second-order valence-corrected chi connectivity index (χ2v) is 2.46. The molecule has 0 spiro atoms. The molecule has 0 saturated heterocycles. The Labute approximate surface area is 82.9 Å². The first-order chi connectivity index (χ1) is 6.99. The van der Waals surface area contributed by atoms with E-state index in [0.29, 0.717) is 0 Å². The van der Waals surface area contributed by atoms with Crippen molar-refractivity contribution < 1.29 is 9.59 Å². The standard InChI is InChI=1S/C6H8N6O3/c7-4(13)10-2-1-9-6(15)12-3(2)11-5(8)14/h1H,(H3,7,10,13)(H4,8,9,11,12,14,15).